The van der Waals surface area contributed by atoms with Gasteiger partial charge in [-0.1, -0.05) is 32.1 Å². The van der Waals surface area contributed by atoms with Crippen molar-refractivity contribution in [2.75, 3.05) is 20.2 Å². The van der Waals surface area contributed by atoms with E-state index >= 15 is 0 Å². The number of nitrogens with zero attached hydrogens (tertiary/aromatic N) is 1. The van der Waals surface area contributed by atoms with Gasteiger partial charge in [-0.25, -0.2) is 4.39 Å². The summed E-state index contributed by atoms with van der Waals surface area (Å²) >= 11 is 4.85. The lowest BCUT2D eigenvalue weighted by Gasteiger charge is -2.25. The molecule has 0 bridgehead atoms. The second-order valence-corrected chi connectivity index (χ2v) is 5.70. The first-order valence-electron chi connectivity index (χ1n) is 6.76. The molecule has 0 saturated heterocycles. The van der Waals surface area contributed by atoms with Gasteiger partial charge in [-0.3, -0.25) is 4.79 Å². The van der Waals surface area contributed by atoms with Crippen LogP contribution in [0.15, 0.2) is 18.2 Å². The molecular formula is C15H21FN2O2S. The van der Waals surface area contributed by atoms with Gasteiger partial charge in [0, 0.05) is 19.5 Å². The van der Waals surface area contributed by atoms with E-state index in [1.807, 2.05) is 13.8 Å². The molecular weight excluding hydrogens is 291 g/mol. The zero-order valence-electron chi connectivity index (χ0n) is 12.6. The monoisotopic (exact) mass is 312 g/mol. The predicted molar refractivity (Wildman–Crippen MR) is 85.1 cm³/mol. The molecule has 0 fully saturated rings. The lowest BCUT2D eigenvalue weighted by atomic mass is 10.1. The van der Waals surface area contributed by atoms with E-state index in [1.165, 1.54) is 19.2 Å². The minimum atomic E-state index is -0.594. The van der Waals surface area contributed by atoms with Crippen LogP contribution in [0.4, 0.5) is 4.39 Å². The van der Waals surface area contributed by atoms with E-state index in [1.54, 1.807) is 11.0 Å². The van der Waals surface area contributed by atoms with Crippen molar-refractivity contribution in [2.45, 2.75) is 20.3 Å². The molecule has 1 rings (SSSR count). The summed E-state index contributed by atoms with van der Waals surface area (Å²) < 4.78 is 19.1. The summed E-state index contributed by atoms with van der Waals surface area (Å²) in [6.07, 6.45) is 0.407. The quantitative estimate of drug-likeness (QED) is 0.786. The van der Waals surface area contributed by atoms with Crippen LogP contribution in [0.2, 0.25) is 0 Å². The van der Waals surface area contributed by atoms with Crippen LogP contribution in [0.1, 0.15) is 30.6 Å². The van der Waals surface area contributed by atoms with Crippen molar-refractivity contribution in [3.63, 3.8) is 0 Å². The van der Waals surface area contributed by atoms with E-state index in [0.29, 0.717) is 24.5 Å². The smallest absolute Gasteiger partial charge is 0.260 e. The van der Waals surface area contributed by atoms with Crippen molar-refractivity contribution in [2.24, 2.45) is 11.7 Å². The van der Waals surface area contributed by atoms with Crippen molar-refractivity contribution in [1.29, 1.82) is 0 Å². The van der Waals surface area contributed by atoms with Crippen molar-refractivity contribution >= 4 is 23.1 Å². The van der Waals surface area contributed by atoms with E-state index in [-0.39, 0.29) is 17.2 Å². The van der Waals surface area contributed by atoms with Gasteiger partial charge in [0.2, 0.25) is 0 Å². The lowest BCUT2D eigenvalue weighted by molar-refractivity contribution is 0.0732. The van der Waals surface area contributed by atoms with Crippen molar-refractivity contribution in [1.82, 2.24) is 4.90 Å². The van der Waals surface area contributed by atoms with Crippen LogP contribution in [0.5, 0.6) is 5.75 Å². The van der Waals surface area contributed by atoms with Crippen LogP contribution in [0.3, 0.4) is 0 Å². The molecule has 0 aliphatic heterocycles. The lowest BCUT2D eigenvalue weighted by Crippen LogP contribution is -2.37. The molecule has 4 nitrogen and oxygen atoms in total. The summed E-state index contributed by atoms with van der Waals surface area (Å²) in [6.45, 7) is 4.84. The van der Waals surface area contributed by atoms with Crippen LogP contribution in [0.25, 0.3) is 0 Å². The maximum Gasteiger partial charge on any atom is 0.260 e. The Balaban J connectivity index is 3.06. The molecule has 0 spiro atoms. The molecule has 0 radical (unpaired) electrons. The zero-order valence-corrected chi connectivity index (χ0v) is 13.4. The molecule has 0 aromatic heterocycles. The Morgan fingerprint density at radius 2 is 2.14 bits per heavy atom. The van der Waals surface area contributed by atoms with Gasteiger partial charge in [0.25, 0.3) is 5.91 Å². The van der Waals surface area contributed by atoms with E-state index in [2.05, 4.69) is 0 Å². The summed E-state index contributed by atoms with van der Waals surface area (Å²) in [6, 6.07) is 4.32. The molecule has 6 heteroatoms. The fourth-order valence-electron chi connectivity index (χ4n) is 2.00. The molecule has 0 aliphatic rings. The van der Waals surface area contributed by atoms with Crippen LogP contribution in [-0.2, 0) is 0 Å². The van der Waals surface area contributed by atoms with Crippen LogP contribution in [-0.4, -0.2) is 36.0 Å². The largest absolute Gasteiger partial charge is 0.496 e. The fraction of sp³-hybridized carbons (Fsp3) is 0.467. The first kappa shape index (κ1) is 17.4. The van der Waals surface area contributed by atoms with Crippen molar-refractivity contribution < 1.29 is 13.9 Å². The number of rotatable bonds is 7. The van der Waals surface area contributed by atoms with Gasteiger partial charge in [-0.15, -0.1) is 0 Å². The Labute approximate surface area is 130 Å². The van der Waals surface area contributed by atoms with E-state index in [9.17, 15) is 9.18 Å². The van der Waals surface area contributed by atoms with Crippen LogP contribution < -0.4 is 10.5 Å². The summed E-state index contributed by atoms with van der Waals surface area (Å²) in [5.74, 6) is -0.527. The van der Waals surface area contributed by atoms with Crippen LogP contribution >= 0.6 is 12.2 Å². The molecule has 1 amide bonds. The summed E-state index contributed by atoms with van der Waals surface area (Å²) in [5.41, 5.74) is 5.44. The van der Waals surface area contributed by atoms with Gasteiger partial charge in [-0.2, -0.15) is 0 Å². The average molecular weight is 312 g/mol. The third-order valence-electron chi connectivity index (χ3n) is 2.91. The van der Waals surface area contributed by atoms with E-state index < -0.39 is 11.7 Å². The Kier molecular flexibility index (Phi) is 6.55. The molecule has 1 aromatic carbocycles. The third-order valence-corrected chi connectivity index (χ3v) is 3.11. The number of thiocarbonyl (C=S) groups is 1. The molecule has 2 N–H and O–H groups in total. The number of carbonyl (C=O) groups is 1. The van der Waals surface area contributed by atoms with Gasteiger partial charge < -0.3 is 15.4 Å². The van der Waals surface area contributed by atoms with Gasteiger partial charge in [0.15, 0.2) is 0 Å². The highest BCUT2D eigenvalue weighted by atomic mass is 32.1. The number of halogens is 1. The summed E-state index contributed by atoms with van der Waals surface area (Å²) in [5, 5.41) is 0. The number of hydrogen-bond acceptors (Lipinski definition) is 3. The van der Waals surface area contributed by atoms with Gasteiger partial charge >= 0.3 is 0 Å². The molecule has 0 aliphatic carbocycles. The topological polar surface area (TPSA) is 55.6 Å². The van der Waals surface area contributed by atoms with Gasteiger partial charge in [0.05, 0.1) is 12.1 Å². The van der Waals surface area contributed by atoms with Crippen molar-refractivity contribution in [3.8, 4) is 5.75 Å². The minimum Gasteiger partial charge on any atom is -0.496 e. The normalized spacial score (nSPS) is 10.5. The Morgan fingerprint density at radius 3 is 2.67 bits per heavy atom. The zero-order chi connectivity index (χ0) is 16.0. The second kappa shape index (κ2) is 7.93. The first-order chi connectivity index (χ1) is 9.86. The number of benzene rings is 1. The number of nitrogens with two attached hydrogens (primary N) is 1. The highest BCUT2D eigenvalue weighted by Crippen LogP contribution is 2.23. The highest BCUT2D eigenvalue weighted by molar-refractivity contribution is 7.80. The number of hydrogen-bond donors (Lipinski definition) is 1. The Hall–Kier alpha value is -1.69. The maximum atomic E-state index is 14.0. The van der Waals surface area contributed by atoms with E-state index in [0.717, 1.165) is 0 Å². The standard InChI is InChI=1S/C15H21FN2O2S/c1-10(2)9-18(8-7-13(17)21)15(19)14-11(16)5-4-6-12(14)20-3/h4-6,10H,7-9H2,1-3H3,(H2,17,21). The molecule has 116 valence electrons. The second-order valence-electron chi connectivity index (χ2n) is 5.18. The molecule has 21 heavy (non-hydrogen) atoms. The summed E-state index contributed by atoms with van der Waals surface area (Å²) in [4.78, 5) is 14.5. The third kappa shape index (κ3) is 4.97. The highest BCUT2D eigenvalue weighted by Gasteiger charge is 2.23. The number of carbonyl (C=O) groups excluding carboxylic acids is 1. The number of methoxy groups -OCH3 is 1. The average Bonchev–Trinajstić information content (AvgIpc) is 2.41. The van der Waals surface area contributed by atoms with Crippen LogP contribution in [0, 0.1) is 11.7 Å². The molecule has 0 unspecified atom stereocenters. The first-order valence-corrected chi connectivity index (χ1v) is 7.17. The van der Waals surface area contributed by atoms with Gasteiger partial charge in [-0.05, 0) is 18.1 Å². The maximum absolute atomic E-state index is 14.0. The number of ether oxygens (including phenoxy) is 1. The predicted octanol–water partition coefficient (Wildman–Crippen LogP) is 2.61. The Morgan fingerprint density at radius 1 is 1.48 bits per heavy atom. The molecule has 0 saturated carbocycles. The Bertz CT molecular complexity index is 520. The van der Waals surface area contributed by atoms with E-state index in [4.69, 9.17) is 22.7 Å². The molecule has 0 atom stereocenters. The number of amides is 1. The minimum absolute atomic E-state index is 0.0522. The van der Waals surface area contributed by atoms with Gasteiger partial charge in [0.1, 0.15) is 17.1 Å². The fourth-order valence-corrected chi connectivity index (χ4v) is 2.09. The summed E-state index contributed by atoms with van der Waals surface area (Å²) in [7, 11) is 1.41. The SMILES string of the molecule is COc1cccc(F)c1C(=O)N(CCC(N)=S)CC(C)C. The molecule has 0 heterocycles. The van der Waals surface area contributed by atoms with Crippen molar-refractivity contribution in [3.05, 3.63) is 29.6 Å². The molecule has 1 aromatic rings.